The van der Waals surface area contributed by atoms with Crippen LogP contribution in [0.2, 0.25) is 0 Å². The van der Waals surface area contributed by atoms with Crippen molar-refractivity contribution in [2.75, 3.05) is 13.2 Å². The van der Waals surface area contributed by atoms with Crippen molar-refractivity contribution in [1.82, 2.24) is 0 Å². The van der Waals surface area contributed by atoms with Crippen LogP contribution in [0.15, 0.2) is 66.7 Å². The molecule has 0 spiro atoms. The van der Waals surface area contributed by atoms with E-state index in [1.54, 1.807) is 24.3 Å². The number of hydrogen-bond acceptors (Lipinski definition) is 2. The van der Waals surface area contributed by atoms with Crippen molar-refractivity contribution < 1.29 is 22.6 Å². The second-order valence-corrected chi connectivity index (χ2v) is 9.63. The highest BCUT2D eigenvalue weighted by Crippen LogP contribution is 2.34. The van der Waals surface area contributed by atoms with E-state index in [1.165, 1.54) is 18.2 Å². The van der Waals surface area contributed by atoms with Crippen LogP contribution in [0.3, 0.4) is 0 Å². The first-order valence-corrected chi connectivity index (χ1v) is 13.3. The third-order valence-electron chi connectivity index (χ3n) is 6.99. The fourth-order valence-electron chi connectivity index (χ4n) is 4.84. The minimum atomic E-state index is -0.974. The van der Waals surface area contributed by atoms with E-state index in [0.29, 0.717) is 24.3 Å². The van der Waals surface area contributed by atoms with Gasteiger partial charge in [0.2, 0.25) is 5.82 Å². The molecule has 0 amide bonds. The van der Waals surface area contributed by atoms with Gasteiger partial charge in [-0.2, -0.15) is 4.39 Å². The quantitative estimate of drug-likeness (QED) is 0.201. The lowest BCUT2D eigenvalue weighted by Crippen LogP contribution is -2.23. The predicted octanol–water partition coefficient (Wildman–Crippen LogP) is 9.24. The first kappa shape index (κ1) is 27.0. The molecule has 1 fully saturated rings. The summed E-state index contributed by atoms with van der Waals surface area (Å²) < 4.78 is 55.8. The van der Waals surface area contributed by atoms with Gasteiger partial charge in [0, 0.05) is 11.5 Å². The van der Waals surface area contributed by atoms with E-state index in [2.05, 4.69) is 6.92 Å². The number of unbranched alkanes of at least 4 members (excludes halogenated alkanes) is 3. The zero-order valence-electron chi connectivity index (χ0n) is 21.6. The highest BCUT2D eigenvalue weighted by atomic mass is 19.2. The molecule has 1 heterocycles. The summed E-state index contributed by atoms with van der Waals surface area (Å²) in [4.78, 5) is 0. The number of allylic oxidation sites excluding steroid dienone is 1. The average Bonchev–Trinajstić information content (AvgIpc) is 2.92. The van der Waals surface area contributed by atoms with Crippen molar-refractivity contribution in [3.8, 4) is 28.0 Å². The molecule has 0 bridgehead atoms. The van der Waals surface area contributed by atoms with E-state index in [4.69, 9.17) is 9.47 Å². The third kappa shape index (κ3) is 6.64. The maximum Gasteiger partial charge on any atom is 0.201 e. The molecule has 3 aromatic carbocycles. The molecule has 37 heavy (non-hydrogen) atoms. The van der Waals surface area contributed by atoms with Crippen LogP contribution in [-0.2, 0) is 4.74 Å². The molecule has 0 radical (unpaired) electrons. The predicted molar refractivity (Wildman–Crippen MR) is 143 cm³/mol. The van der Waals surface area contributed by atoms with Crippen LogP contribution in [0.4, 0.5) is 13.2 Å². The van der Waals surface area contributed by atoms with Crippen LogP contribution in [0.1, 0.15) is 63.9 Å². The van der Waals surface area contributed by atoms with Crippen molar-refractivity contribution in [1.29, 1.82) is 0 Å². The highest BCUT2D eigenvalue weighted by molar-refractivity contribution is 5.71. The molecule has 0 N–H and O–H groups in total. The van der Waals surface area contributed by atoms with E-state index in [0.717, 1.165) is 49.7 Å². The molecule has 1 aliphatic heterocycles. The highest BCUT2D eigenvalue weighted by Gasteiger charge is 2.24. The van der Waals surface area contributed by atoms with Crippen LogP contribution in [0, 0.1) is 17.5 Å². The molecule has 0 aromatic heterocycles. The Morgan fingerprint density at radius 1 is 0.865 bits per heavy atom. The van der Waals surface area contributed by atoms with Crippen LogP contribution in [-0.4, -0.2) is 19.3 Å². The normalized spacial score (nSPS) is 17.9. The van der Waals surface area contributed by atoms with Crippen LogP contribution in [0.25, 0.3) is 22.3 Å². The molecule has 3 aromatic rings. The monoisotopic (exact) mass is 508 g/mol. The summed E-state index contributed by atoms with van der Waals surface area (Å²) in [6, 6.07) is 15.3. The average molecular weight is 509 g/mol. The third-order valence-corrected chi connectivity index (χ3v) is 6.99. The summed E-state index contributed by atoms with van der Waals surface area (Å²) in [5.74, 6) is -2.18. The van der Waals surface area contributed by atoms with Crippen molar-refractivity contribution >= 4 is 0 Å². The largest absolute Gasteiger partial charge is 0.490 e. The van der Waals surface area contributed by atoms with Crippen LogP contribution >= 0.6 is 0 Å². The molecule has 4 rings (SSSR count). The minimum absolute atomic E-state index is 0.0408. The smallest absolute Gasteiger partial charge is 0.201 e. The molecule has 2 unspecified atom stereocenters. The SMILES string of the molecule is CC=CC1CCC(c2ccc(-c3ccc(-c4ccc(OCCCCCC)c(F)c4F)cc3)cc2F)CO1. The summed E-state index contributed by atoms with van der Waals surface area (Å²) >= 11 is 0. The summed E-state index contributed by atoms with van der Waals surface area (Å²) in [6.07, 6.45) is 9.90. The Hall–Kier alpha value is -3.05. The van der Waals surface area contributed by atoms with Crippen LogP contribution < -0.4 is 4.74 Å². The molecule has 1 saturated heterocycles. The molecule has 196 valence electrons. The Morgan fingerprint density at radius 2 is 1.62 bits per heavy atom. The topological polar surface area (TPSA) is 18.5 Å². The van der Waals surface area contributed by atoms with E-state index in [9.17, 15) is 8.78 Å². The van der Waals surface area contributed by atoms with Crippen molar-refractivity contribution in [2.24, 2.45) is 0 Å². The van der Waals surface area contributed by atoms with Crippen molar-refractivity contribution in [2.45, 2.75) is 64.4 Å². The first-order valence-electron chi connectivity index (χ1n) is 13.3. The van der Waals surface area contributed by atoms with Gasteiger partial charge in [-0.05, 0) is 66.6 Å². The number of halogens is 3. The summed E-state index contributed by atoms with van der Waals surface area (Å²) in [5.41, 5.74) is 2.91. The van der Waals surface area contributed by atoms with E-state index in [-0.39, 0.29) is 29.2 Å². The Morgan fingerprint density at radius 3 is 2.30 bits per heavy atom. The number of hydrogen-bond donors (Lipinski definition) is 0. The Labute approximate surface area is 218 Å². The summed E-state index contributed by atoms with van der Waals surface area (Å²) in [7, 11) is 0. The van der Waals surface area contributed by atoms with E-state index < -0.39 is 11.6 Å². The van der Waals surface area contributed by atoms with Crippen molar-refractivity contribution in [3.63, 3.8) is 0 Å². The van der Waals surface area contributed by atoms with Gasteiger partial charge in [0.05, 0.1) is 19.3 Å². The molecular formula is C32H35F3O2. The molecule has 1 aliphatic rings. The molecule has 2 nitrogen and oxygen atoms in total. The van der Waals surface area contributed by atoms with Gasteiger partial charge in [-0.25, -0.2) is 8.78 Å². The summed E-state index contributed by atoms with van der Waals surface area (Å²) in [5, 5.41) is 0. The number of benzene rings is 3. The molecule has 0 saturated carbocycles. The second-order valence-electron chi connectivity index (χ2n) is 9.63. The van der Waals surface area contributed by atoms with Crippen molar-refractivity contribution in [3.05, 3.63) is 89.8 Å². The first-order chi connectivity index (χ1) is 18.0. The maximum atomic E-state index is 15.0. The number of rotatable bonds is 10. The van der Waals surface area contributed by atoms with E-state index in [1.807, 2.05) is 31.2 Å². The molecule has 5 heteroatoms. The van der Waals surface area contributed by atoms with Gasteiger partial charge in [0.25, 0.3) is 0 Å². The van der Waals surface area contributed by atoms with Gasteiger partial charge in [0.1, 0.15) is 5.82 Å². The minimum Gasteiger partial charge on any atom is -0.490 e. The molecular weight excluding hydrogens is 473 g/mol. The Bertz CT molecular complexity index is 1200. The van der Waals surface area contributed by atoms with Gasteiger partial charge in [-0.1, -0.05) is 74.7 Å². The summed E-state index contributed by atoms with van der Waals surface area (Å²) in [6.45, 7) is 4.95. The molecule has 2 atom stereocenters. The standard InChI is InChI=1S/C32H35F3O2/c1-3-5-6-7-19-36-30-18-17-28(31(34)32(30)35)23-11-9-22(10-12-23)24-14-16-27(29(33)20-24)25-13-15-26(8-4-2)37-21-25/h4,8-12,14,16-18,20,25-26H,3,5-7,13,15,19,21H2,1-2H3. The van der Waals surface area contributed by atoms with Gasteiger partial charge < -0.3 is 9.47 Å². The van der Waals surface area contributed by atoms with Gasteiger partial charge in [0.15, 0.2) is 11.6 Å². The van der Waals surface area contributed by atoms with Gasteiger partial charge in [-0.15, -0.1) is 0 Å². The van der Waals surface area contributed by atoms with Crippen LogP contribution in [0.5, 0.6) is 5.75 Å². The van der Waals surface area contributed by atoms with E-state index >= 15 is 4.39 Å². The zero-order valence-corrected chi connectivity index (χ0v) is 21.6. The zero-order chi connectivity index (χ0) is 26.2. The Kier molecular flexibility index (Phi) is 9.45. The lowest BCUT2D eigenvalue weighted by Gasteiger charge is -2.28. The lowest BCUT2D eigenvalue weighted by molar-refractivity contribution is 0.0319. The van der Waals surface area contributed by atoms with Gasteiger partial charge in [-0.3, -0.25) is 0 Å². The number of ether oxygens (including phenoxy) is 2. The molecule has 0 aliphatic carbocycles. The second kappa shape index (κ2) is 13.0. The maximum absolute atomic E-state index is 15.0. The fourth-order valence-corrected chi connectivity index (χ4v) is 4.84. The van der Waals surface area contributed by atoms with Gasteiger partial charge >= 0.3 is 0 Å². The Balaban J connectivity index is 1.44. The fraction of sp³-hybridized carbons (Fsp3) is 0.375. The lowest BCUT2D eigenvalue weighted by atomic mass is 9.89.